The number of aryl methyl sites for hydroxylation is 2. The quantitative estimate of drug-likeness (QED) is 0.419. The molecule has 0 saturated heterocycles. The SMILES string of the molecule is Cc1nc(/C=N\Nc2nc3ccccc3c(=O)n2-c2cccc(C)c2C)cs1. The van der Waals surface area contributed by atoms with Gasteiger partial charge in [0.15, 0.2) is 0 Å². The molecule has 28 heavy (non-hydrogen) atoms. The van der Waals surface area contributed by atoms with E-state index in [1.54, 1.807) is 28.2 Å². The summed E-state index contributed by atoms with van der Waals surface area (Å²) in [5, 5.41) is 7.71. The second-order valence-corrected chi connectivity index (χ2v) is 7.54. The van der Waals surface area contributed by atoms with Crippen molar-refractivity contribution in [3.63, 3.8) is 0 Å². The van der Waals surface area contributed by atoms with Gasteiger partial charge in [0, 0.05) is 5.38 Å². The van der Waals surface area contributed by atoms with E-state index < -0.39 is 0 Å². The minimum absolute atomic E-state index is 0.137. The number of hydrazone groups is 1. The van der Waals surface area contributed by atoms with Crippen LogP contribution in [0.15, 0.2) is 57.7 Å². The Morgan fingerprint density at radius 3 is 2.68 bits per heavy atom. The van der Waals surface area contributed by atoms with Gasteiger partial charge in [0.25, 0.3) is 5.56 Å². The van der Waals surface area contributed by atoms with Crippen LogP contribution in [0.4, 0.5) is 5.95 Å². The Kier molecular flexibility index (Phi) is 4.75. The van der Waals surface area contributed by atoms with E-state index in [1.807, 2.05) is 62.5 Å². The molecule has 0 spiro atoms. The lowest BCUT2D eigenvalue weighted by atomic mass is 10.1. The molecule has 2 aromatic carbocycles. The number of thiazole rings is 1. The van der Waals surface area contributed by atoms with Crippen LogP contribution in [0, 0.1) is 20.8 Å². The lowest BCUT2D eigenvalue weighted by Gasteiger charge is -2.15. The van der Waals surface area contributed by atoms with Crippen molar-refractivity contribution in [2.24, 2.45) is 5.10 Å². The van der Waals surface area contributed by atoms with E-state index in [9.17, 15) is 4.79 Å². The molecule has 4 aromatic rings. The van der Waals surface area contributed by atoms with Crippen molar-refractivity contribution in [2.75, 3.05) is 5.43 Å². The summed E-state index contributed by atoms with van der Waals surface area (Å²) in [5.74, 6) is 0.362. The van der Waals surface area contributed by atoms with Crippen LogP contribution in [-0.4, -0.2) is 20.7 Å². The van der Waals surface area contributed by atoms with Gasteiger partial charge in [-0.05, 0) is 50.1 Å². The normalized spacial score (nSPS) is 11.4. The highest BCUT2D eigenvalue weighted by Crippen LogP contribution is 2.21. The maximum atomic E-state index is 13.3. The minimum atomic E-state index is -0.137. The summed E-state index contributed by atoms with van der Waals surface area (Å²) in [6.07, 6.45) is 1.62. The Bertz CT molecular complexity index is 1260. The van der Waals surface area contributed by atoms with E-state index in [-0.39, 0.29) is 5.56 Å². The van der Waals surface area contributed by atoms with Gasteiger partial charge in [-0.1, -0.05) is 24.3 Å². The van der Waals surface area contributed by atoms with Crippen molar-refractivity contribution in [3.05, 3.63) is 80.0 Å². The Morgan fingerprint density at radius 1 is 1.07 bits per heavy atom. The van der Waals surface area contributed by atoms with E-state index in [0.717, 1.165) is 27.5 Å². The summed E-state index contributed by atoms with van der Waals surface area (Å²) in [7, 11) is 0. The highest BCUT2D eigenvalue weighted by molar-refractivity contribution is 7.09. The summed E-state index contributed by atoms with van der Waals surface area (Å²) >= 11 is 1.56. The first-order valence-electron chi connectivity index (χ1n) is 8.84. The number of hydrogen-bond acceptors (Lipinski definition) is 6. The molecule has 0 bridgehead atoms. The highest BCUT2D eigenvalue weighted by atomic mass is 32.1. The third-order valence-corrected chi connectivity index (χ3v) is 5.38. The Balaban J connectivity index is 1.87. The van der Waals surface area contributed by atoms with Gasteiger partial charge in [-0.15, -0.1) is 11.3 Å². The third kappa shape index (κ3) is 3.32. The van der Waals surface area contributed by atoms with E-state index in [2.05, 4.69) is 20.5 Å². The summed E-state index contributed by atoms with van der Waals surface area (Å²) in [5.41, 5.74) is 7.08. The van der Waals surface area contributed by atoms with Crippen LogP contribution in [0.2, 0.25) is 0 Å². The zero-order chi connectivity index (χ0) is 19.7. The average molecular weight is 389 g/mol. The number of anilines is 1. The van der Waals surface area contributed by atoms with E-state index in [4.69, 9.17) is 0 Å². The van der Waals surface area contributed by atoms with Crippen LogP contribution in [0.5, 0.6) is 0 Å². The van der Waals surface area contributed by atoms with Crippen LogP contribution in [0.25, 0.3) is 16.6 Å². The topological polar surface area (TPSA) is 72.2 Å². The fourth-order valence-corrected chi connectivity index (χ4v) is 3.57. The van der Waals surface area contributed by atoms with Crippen molar-refractivity contribution in [1.82, 2.24) is 14.5 Å². The van der Waals surface area contributed by atoms with Crippen molar-refractivity contribution < 1.29 is 0 Å². The average Bonchev–Trinajstić information content (AvgIpc) is 3.10. The Hall–Kier alpha value is -3.32. The monoisotopic (exact) mass is 389 g/mol. The Labute approximate surface area is 166 Å². The standard InChI is InChI=1S/C21H19N5OS/c1-13-7-6-10-19(14(13)2)26-20(27)17-8-4-5-9-18(17)24-21(26)25-22-11-16-12-28-15(3)23-16/h4-12H,1-3H3,(H,24,25)/b22-11-. The van der Waals surface area contributed by atoms with Gasteiger partial charge in [0.1, 0.15) is 0 Å². The number of para-hydroxylation sites is 1. The predicted molar refractivity (Wildman–Crippen MR) is 115 cm³/mol. The molecule has 7 heteroatoms. The smallest absolute Gasteiger partial charge is 0.267 e. The van der Waals surface area contributed by atoms with Crippen LogP contribution < -0.4 is 11.0 Å². The molecular formula is C21H19N5OS. The van der Waals surface area contributed by atoms with Crippen molar-refractivity contribution >= 4 is 34.4 Å². The third-order valence-electron chi connectivity index (χ3n) is 4.59. The van der Waals surface area contributed by atoms with Crippen molar-refractivity contribution in [3.8, 4) is 5.69 Å². The first kappa shape index (κ1) is 18.1. The summed E-state index contributed by atoms with van der Waals surface area (Å²) in [6.45, 7) is 5.96. The van der Waals surface area contributed by atoms with Gasteiger partial charge in [0.2, 0.25) is 5.95 Å². The molecule has 2 heterocycles. The number of fused-ring (bicyclic) bond motifs is 1. The molecule has 0 amide bonds. The zero-order valence-electron chi connectivity index (χ0n) is 15.8. The van der Waals surface area contributed by atoms with Gasteiger partial charge >= 0.3 is 0 Å². The molecule has 6 nitrogen and oxygen atoms in total. The van der Waals surface area contributed by atoms with Gasteiger partial charge < -0.3 is 0 Å². The summed E-state index contributed by atoms with van der Waals surface area (Å²) < 4.78 is 1.58. The molecule has 0 saturated carbocycles. The maximum Gasteiger partial charge on any atom is 0.267 e. The van der Waals surface area contributed by atoms with Crippen LogP contribution in [-0.2, 0) is 0 Å². The van der Waals surface area contributed by atoms with Crippen LogP contribution in [0.1, 0.15) is 21.8 Å². The fourth-order valence-electron chi connectivity index (χ4n) is 3.00. The largest absolute Gasteiger partial charge is 0.268 e. The minimum Gasteiger partial charge on any atom is -0.268 e. The molecule has 2 aromatic heterocycles. The lowest BCUT2D eigenvalue weighted by molar-refractivity contribution is 0.944. The molecule has 0 radical (unpaired) electrons. The molecule has 0 aliphatic carbocycles. The molecule has 1 N–H and O–H groups in total. The van der Waals surface area contributed by atoms with Gasteiger partial charge in [-0.2, -0.15) is 5.10 Å². The molecule has 0 aliphatic rings. The fraction of sp³-hybridized carbons (Fsp3) is 0.143. The molecule has 0 unspecified atom stereocenters. The number of nitrogens with one attached hydrogen (secondary N) is 1. The molecule has 0 aliphatic heterocycles. The van der Waals surface area contributed by atoms with E-state index in [1.165, 1.54) is 0 Å². The second kappa shape index (κ2) is 7.36. The van der Waals surface area contributed by atoms with Gasteiger partial charge in [0.05, 0.1) is 33.5 Å². The number of rotatable bonds is 4. The van der Waals surface area contributed by atoms with E-state index in [0.29, 0.717) is 16.9 Å². The molecule has 0 atom stereocenters. The molecule has 4 rings (SSSR count). The first-order valence-corrected chi connectivity index (χ1v) is 9.72. The summed E-state index contributed by atoms with van der Waals surface area (Å²) in [4.78, 5) is 22.3. The van der Waals surface area contributed by atoms with Crippen LogP contribution >= 0.6 is 11.3 Å². The van der Waals surface area contributed by atoms with E-state index >= 15 is 0 Å². The lowest BCUT2D eigenvalue weighted by Crippen LogP contribution is -2.23. The number of benzene rings is 2. The van der Waals surface area contributed by atoms with Crippen LogP contribution in [0.3, 0.4) is 0 Å². The number of aromatic nitrogens is 3. The zero-order valence-corrected chi connectivity index (χ0v) is 16.6. The van der Waals surface area contributed by atoms with Gasteiger partial charge in [-0.25, -0.2) is 20.0 Å². The predicted octanol–water partition coefficient (Wildman–Crippen LogP) is 4.21. The summed E-state index contributed by atoms with van der Waals surface area (Å²) in [6, 6.07) is 13.2. The number of hydrogen-bond donors (Lipinski definition) is 1. The van der Waals surface area contributed by atoms with Crippen molar-refractivity contribution in [1.29, 1.82) is 0 Å². The van der Waals surface area contributed by atoms with Crippen molar-refractivity contribution in [2.45, 2.75) is 20.8 Å². The maximum absolute atomic E-state index is 13.3. The van der Waals surface area contributed by atoms with Gasteiger partial charge in [-0.3, -0.25) is 4.79 Å². The molecule has 0 fully saturated rings. The molecule has 140 valence electrons. The Morgan fingerprint density at radius 2 is 1.89 bits per heavy atom. The molecular weight excluding hydrogens is 370 g/mol. The first-order chi connectivity index (χ1) is 13.5. The number of nitrogens with zero attached hydrogens (tertiary/aromatic N) is 4. The second-order valence-electron chi connectivity index (χ2n) is 6.47. The highest BCUT2D eigenvalue weighted by Gasteiger charge is 2.14.